The number of carbonyl (C=O) groups is 1. The summed E-state index contributed by atoms with van der Waals surface area (Å²) in [5.74, 6) is 0.998. The van der Waals surface area contributed by atoms with Gasteiger partial charge in [0.2, 0.25) is 0 Å². The van der Waals surface area contributed by atoms with Gasteiger partial charge in [0, 0.05) is 11.8 Å². The predicted octanol–water partition coefficient (Wildman–Crippen LogP) is 3.93. The van der Waals surface area contributed by atoms with Gasteiger partial charge in [-0.2, -0.15) is 0 Å². The molecule has 28 heavy (non-hydrogen) atoms. The highest BCUT2D eigenvalue weighted by Crippen LogP contribution is 2.32. The van der Waals surface area contributed by atoms with Gasteiger partial charge in [0.1, 0.15) is 12.1 Å². The minimum atomic E-state index is -0.192. The van der Waals surface area contributed by atoms with Gasteiger partial charge in [-0.15, -0.1) is 5.10 Å². The van der Waals surface area contributed by atoms with Crippen LogP contribution in [0.2, 0.25) is 0 Å². The third kappa shape index (κ3) is 4.54. The second kappa shape index (κ2) is 8.65. The number of para-hydroxylation sites is 1. The van der Waals surface area contributed by atoms with E-state index in [2.05, 4.69) is 60.7 Å². The Morgan fingerprint density at radius 2 is 1.75 bits per heavy atom. The zero-order valence-electron chi connectivity index (χ0n) is 16.6. The Bertz CT molecular complexity index is 909. The van der Waals surface area contributed by atoms with Crippen LogP contribution in [0.3, 0.4) is 0 Å². The fraction of sp³-hybridized carbons (Fsp3) is 0.333. The second-order valence-corrected chi connectivity index (χ2v) is 7.21. The molecule has 0 bridgehead atoms. The summed E-state index contributed by atoms with van der Waals surface area (Å²) in [6.07, 6.45) is 1.50. The fourth-order valence-electron chi connectivity index (χ4n) is 3.02. The van der Waals surface area contributed by atoms with Crippen LogP contribution in [-0.2, 0) is 4.79 Å². The largest absolute Gasteiger partial charge is 0.484 e. The Hall–Kier alpha value is -3.22. The molecule has 0 radical (unpaired) electrons. The first-order chi connectivity index (χ1) is 13.5. The van der Waals surface area contributed by atoms with Gasteiger partial charge in [-0.25, -0.2) is 4.68 Å². The topological polar surface area (TPSA) is 81.9 Å². The summed E-state index contributed by atoms with van der Waals surface area (Å²) in [4.78, 5) is 12.6. The maximum atomic E-state index is 12.6. The summed E-state index contributed by atoms with van der Waals surface area (Å²) in [5.41, 5.74) is 3.90. The summed E-state index contributed by atoms with van der Waals surface area (Å²) < 4.78 is 7.21. The number of hydrogen-bond donors (Lipinski definition) is 1. The van der Waals surface area contributed by atoms with Crippen molar-refractivity contribution in [1.82, 2.24) is 20.2 Å². The minimum Gasteiger partial charge on any atom is -0.484 e. The Balaban J connectivity index is 1.71. The lowest BCUT2D eigenvalue weighted by atomic mass is 9.92. The monoisotopic (exact) mass is 379 g/mol. The van der Waals surface area contributed by atoms with Gasteiger partial charge in [-0.1, -0.05) is 52.0 Å². The molecule has 1 aromatic heterocycles. The van der Waals surface area contributed by atoms with Crippen LogP contribution < -0.4 is 10.1 Å². The molecule has 0 saturated carbocycles. The van der Waals surface area contributed by atoms with Gasteiger partial charge in [0.05, 0.1) is 5.69 Å². The number of ether oxygens (including phenoxy) is 1. The molecule has 3 aromatic rings. The Kier molecular flexibility index (Phi) is 6.03. The van der Waals surface area contributed by atoms with Crippen molar-refractivity contribution < 1.29 is 9.53 Å². The van der Waals surface area contributed by atoms with E-state index in [1.807, 2.05) is 18.2 Å². The number of rotatable bonds is 7. The Labute approximate surface area is 164 Å². The number of benzene rings is 2. The molecule has 146 valence electrons. The van der Waals surface area contributed by atoms with E-state index < -0.39 is 0 Å². The first kappa shape index (κ1) is 19.5. The number of nitrogens with one attached hydrogen (secondary N) is 1. The molecule has 2 aromatic carbocycles. The number of hydrogen-bond acceptors (Lipinski definition) is 5. The molecule has 0 unspecified atom stereocenters. The molecule has 0 spiro atoms. The molecule has 1 N–H and O–H groups in total. The highest BCUT2D eigenvalue weighted by molar-refractivity contribution is 5.93. The minimum absolute atomic E-state index is 0.0803. The van der Waals surface area contributed by atoms with Crippen LogP contribution in [0.5, 0.6) is 5.75 Å². The van der Waals surface area contributed by atoms with E-state index >= 15 is 0 Å². The predicted molar refractivity (Wildman–Crippen MR) is 108 cm³/mol. The van der Waals surface area contributed by atoms with Crippen LogP contribution in [0.1, 0.15) is 50.7 Å². The number of carbonyl (C=O) groups excluding carboxylic acids is 1. The fourth-order valence-corrected chi connectivity index (χ4v) is 3.02. The van der Waals surface area contributed by atoms with E-state index in [1.165, 1.54) is 11.0 Å². The van der Waals surface area contributed by atoms with Crippen molar-refractivity contribution in [3.8, 4) is 11.4 Å². The van der Waals surface area contributed by atoms with Crippen molar-refractivity contribution in [3.05, 3.63) is 59.9 Å². The van der Waals surface area contributed by atoms with Gasteiger partial charge < -0.3 is 10.1 Å². The highest BCUT2D eigenvalue weighted by atomic mass is 16.5. The molecular weight excluding hydrogens is 354 g/mol. The maximum absolute atomic E-state index is 12.6. The van der Waals surface area contributed by atoms with Crippen LogP contribution in [0.4, 0.5) is 5.69 Å². The summed E-state index contributed by atoms with van der Waals surface area (Å²) in [7, 11) is 0. The third-order valence-corrected chi connectivity index (χ3v) is 4.44. The average molecular weight is 379 g/mol. The Morgan fingerprint density at radius 1 is 1.07 bits per heavy atom. The molecular formula is C21H25N5O2. The quantitative estimate of drug-likeness (QED) is 0.673. The van der Waals surface area contributed by atoms with Gasteiger partial charge in [0.25, 0.3) is 5.91 Å². The van der Waals surface area contributed by atoms with Crippen LogP contribution in [-0.4, -0.2) is 32.7 Å². The van der Waals surface area contributed by atoms with Gasteiger partial charge in [-0.05, 0) is 45.5 Å². The molecule has 0 fully saturated rings. The van der Waals surface area contributed by atoms with E-state index in [-0.39, 0.29) is 12.5 Å². The van der Waals surface area contributed by atoms with Crippen LogP contribution >= 0.6 is 0 Å². The van der Waals surface area contributed by atoms with Crippen molar-refractivity contribution >= 4 is 11.6 Å². The number of aromatic nitrogens is 4. The van der Waals surface area contributed by atoms with Crippen molar-refractivity contribution in [2.75, 3.05) is 11.9 Å². The van der Waals surface area contributed by atoms with Crippen molar-refractivity contribution in [2.24, 2.45) is 0 Å². The maximum Gasteiger partial charge on any atom is 0.262 e. The lowest BCUT2D eigenvalue weighted by molar-refractivity contribution is -0.118. The van der Waals surface area contributed by atoms with Crippen molar-refractivity contribution in [3.63, 3.8) is 0 Å². The van der Waals surface area contributed by atoms with Crippen molar-refractivity contribution in [1.29, 1.82) is 0 Å². The molecule has 3 rings (SSSR count). The van der Waals surface area contributed by atoms with E-state index in [0.29, 0.717) is 17.6 Å². The van der Waals surface area contributed by atoms with Crippen LogP contribution in [0.25, 0.3) is 5.69 Å². The number of tetrazole rings is 1. The van der Waals surface area contributed by atoms with Gasteiger partial charge in [0.15, 0.2) is 6.61 Å². The summed E-state index contributed by atoms with van der Waals surface area (Å²) in [6.45, 7) is 8.40. The summed E-state index contributed by atoms with van der Waals surface area (Å²) >= 11 is 0. The first-order valence-electron chi connectivity index (χ1n) is 9.34. The molecule has 0 aliphatic heterocycles. The van der Waals surface area contributed by atoms with Crippen LogP contribution in [0.15, 0.2) is 48.8 Å². The number of nitrogens with zero attached hydrogens (tertiary/aromatic N) is 4. The molecule has 7 heteroatoms. The van der Waals surface area contributed by atoms with Gasteiger partial charge in [-0.3, -0.25) is 4.79 Å². The van der Waals surface area contributed by atoms with E-state index in [9.17, 15) is 4.79 Å². The zero-order valence-corrected chi connectivity index (χ0v) is 16.6. The molecule has 1 heterocycles. The Morgan fingerprint density at radius 3 is 2.36 bits per heavy atom. The second-order valence-electron chi connectivity index (χ2n) is 7.21. The normalized spacial score (nSPS) is 11.1. The van der Waals surface area contributed by atoms with E-state index in [0.717, 1.165) is 22.5 Å². The smallest absolute Gasteiger partial charge is 0.262 e. The van der Waals surface area contributed by atoms with E-state index in [4.69, 9.17) is 4.74 Å². The zero-order chi connectivity index (χ0) is 20.1. The molecule has 0 saturated heterocycles. The third-order valence-electron chi connectivity index (χ3n) is 4.44. The molecule has 1 amide bonds. The lowest BCUT2D eigenvalue weighted by Gasteiger charge is -2.20. The number of amides is 1. The lowest BCUT2D eigenvalue weighted by Crippen LogP contribution is -2.22. The summed E-state index contributed by atoms with van der Waals surface area (Å²) in [5, 5.41) is 14.1. The summed E-state index contributed by atoms with van der Waals surface area (Å²) in [6, 6.07) is 13.4. The molecule has 0 atom stereocenters. The van der Waals surface area contributed by atoms with Gasteiger partial charge >= 0.3 is 0 Å². The average Bonchev–Trinajstić information content (AvgIpc) is 3.21. The number of anilines is 1. The van der Waals surface area contributed by atoms with Crippen LogP contribution in [0, 0.1) is 0 Å². The molecule has 0 aliphatic rings. The standard InChI is InChI=1S/C21H25N5O2/c1-14(2)18-9-6-10-19(15(3)4)21(18)23-20(27)12-28-17-8-5-7-16(11-17)26-13-22-24-25-26/h5-11,13-15H,12H2,1-4H3,(H,23,27). The first-order valence-corrected chi connectivity index (χ1v) is 9.34. The van der Waals surface area contributed by atoms with E-state index in [1.54, 1.807) is 12.1 Å². The molecule has 0 aliphatic carbocycles. The SMILES string of the molecule is CC(C)c1cccc(C(C)C)c1NC(=O)COc1cccc(-n2cnnn2)c1. The highest BCUT2D eigenvalue weighted by Gasteiger charge is 2.16. The molecule has 7 nitrogen and oxygen atoms in total. The van der Waals surface area contributed by atoms with Crippen molar-refractivity contribution in [2.45, 2.75) is 39.5 Å².